The van der Waals surface area contributed by atoms with E-state index in [9.17, 15) is 9.50 Å². The van der Waals surface area contributed by atoms with Crippen LogP contribution in [-0.2, 0) is 23.4 Å². The maximum Gasteiger partial charge on any atom is 0.260 e. The quantitative estimate of drug-likeness (QED) is 0.661. The van der Waals surface area contributed by atoms with Crippen molar-refractivity contribution in [3.05, 3.63) is 88.3 Å². The van der Waals surface area contributed by atoms with Crippen molar-refractivity contribution in [2.75, 3.05) is 13.2 Å². The molecule has 1 saturated heterocycles. The van der Waals surface area contributed by atoms with Crippen molar-refractivity contribution >= 4 is 11.9 Å². The minimum absolute atomic E-state index is 0.273. The number of hydrogen-bond donors (Lipinski definition) is 1. The number of aliphatic hydroxyl groups is 1. The number of halogens is 1. The molecule has 3 aromatic rings. The van der Waals surface area contributed by atoms with Gasteiger partial charge in [0.1, 0.15) is 18.2 Å². The van der Waals surface area contributed by atoms with Gasteiger partial charge in [-0.25, -0.2) is 9.37 Å². The van der Waals surface area contributed by atoms with Gasteiger partial charge in [0.2, 0.25) is 0 Å². The molecule has 3 aliphatic heterocycles. The number of rotatable bonds is 3. The van der Waals surface area contributed by atoms with E-state index in [4.69, 9.17) is 4.84 Å². The third kappa shape index (κ3) is 3.18. The van der Waals surface area contributed by atoms with Gasteiger partial charge in [-0.2, -0.15) is 0 Å². The highest BCUT2D eigenvalue weighted by molar-refractivity contribution is 6.03. The first-order valence-electron chi connectivity index (χ1n) is 11.4. The Bertz CT molecular complexity index is 1290. The van der Waals surface area contributed by atoms with Crippen LogP contribution in [0.2, 0.25) is 0 Å². The number of nitrogens with zero attached hydrogens (tertiary/aromatic N) is 4. The van der Waals surface area contributed by atoms with E-state index in [1.165, 1.54) is 23.4 Å². The van der Waals surface area contributed by atoms with Crippen LogP contribution in [0.1, 0.15) is 41.1 Å². The van der Waals surface area contributed by atoms with Crippen LogP contribution in [0.3, 0.4) is 0 Å². The topological polar surface area (TPSA) is 62.9 Å². The lowest BCUT2D eigenvalue weighted by molar-refractivity contribution is -0.137. The van der Waals surface area contributed by atoms with Crippen LogP contribution < -0.4 is 0 Å². The zero-order chi connectivity index (χ0) is 22.6. The van der Waals surface area contributed by atoms with Gasteiger partial charge in [0.25, 0.3) is 5.72 Å². The van der Waals surface area contributed by atoms with Crippen molar-refractivity contribution in [2.45, 2.75) is 38.3 Å². The number of aromatic nitrogens is 2. The van der Waals surface area contributed by atoms with E-state index in [-0.39, 0.29) is 12.4 Å². The van der Waals surface area contributed by atoms with Crippen molar-refractivity contribution < 1.29 is 14.3 Å². The van der Waals surface area contributed by atoms with Gasteiger partial charge in [-0.3, -0.25) is 0 Å². The molecule has 4 heterocycles. The molecule has 33 heavy (non-hydrogen) atoms. The summed E-state index contributed by atoms with van der Waals surface area (Å²) in [5, 5.41) is 14.7. The number of oxime groups is 1. The van der Waals surface area contributed by atoms with Crippen LogP contribution in [0.15, 0.2) is 59.4 Å². The zero-order valence-electron chi connectivity index (χ0n) is 18.5. The molecule has 7 heteroatoms. The first kappa shape index (κ1) is 20.2. The smallest absolute Gasteiger partial charge is 0.260 e. The average Bonchev–Trinajstić information content (AvgIpc) is 3.41. The largest absolute Gasteiger partial charge is 0.390 e. The fourth-order valence-corrected chi connectivity index (χ4v) is 5.22. The normalized spacial score (nSPS) is 22.5. The minimum atomic E-state index is -1.12. The second kappa shape index (κ2) is 7.56. The van der Waals surface area contributed by atoms with E-state index >= 15 is 0 Å². The number of hydrogen-bond acceptors (Lipinski definition) is 5. The number of fused-ring (bicyclic) bond motifs is 4. The van der Waals surface area contributed by atoms with Crippen molar-refractivity contribution in [3.8, 4) is 5.69 Å². The molecule has 0 amide bonds. The van der Waals surface area contributed by atoms with E-state index in [1.807, 2.05) is 11.8 Å². The highest BCUT2D eigenvalue weighted by atomic mass is 19.1. The molecule has 0 saturated carbocycles. The summed E-state index contributed by atoms with van der Waals surface area (Å²) in [5.74, 6) is 1.54. The summed E-state index contributed by atoms with van der Waals surface area (Å²) in [5.41, 5.74) is 5.31. The Balaban J connectivity index is 1.33. The number of aliphatic hydroxyl groups excluding tert-OH is 1. The molecule has 3 aliphatic rings. The fourth-order valence-electron chi connectivity index (χ4n) is 5.22. The Morgan fingerprint density at radius 1 is 1.15 bits per heavy atom. The maximum absolute atomic E-state index is 13.5. The van der Waals surface area contributed by atoms with Crippen LogP contribution >= 0.6 is 0 Å². The number of aryl methyl sites for hydroxylation is 3. The summed E-state index contributed by atoms with van der Waals surface area (Å²) in [6, 6.07) is 12.6. The van der Waals surface area contributed by atoms with Crippen molar-refractivity contribution in [1.29, 1.82) is 0 Å². The molecule has 1 N–H and O–H groups in total. The number of imidazole rings is 1. The Labute approximate surface area is 191 Å². The van der Waals surface area contributed by atoms with Crippen molar-refractivity contribution in [3.63, 3.8) is 0 Å². The molecule has 1 fully saturated rings. The predicted octanol–water partition coefficient (Wildman–Crippen LogP) is 4.09. The Morgan fingerprint density at radius 2 is 2.00 bits per heavy atom. The van der Waals surface area contributed by atoms with Gasteiger partial charge in [-0.15, -0.1) is 0 Å². The lowest BCUT2D eigenvalue weighted by Gasteiger charge is -2.38. The van der Waals surface area contributed by atoms with Crippen LogP contribution in [-0.4, -0.2) is 38.5 Å². The summed E-state index contributed by atoms with van der Waals surface area (Å²) in [4.78, 5) is 12.5. The van der Waals surface area contributed by atoms with Gasteiger partial charge < -0.3 is 19.4 Å². The standard InChI is InChI=1S/C26H25FN4O2/c1-17-15-30-23-10-4-18(13-19(23)5-11-24(30)28-17)14-20-3-2-12-31-25(20)29-33-26(31,16-32)21-6-8-22(27)9-7-21/h4,6-10,13-15,32H,2-3,5,11-12,16H2,1H3/b20-14-. The average molecular weight is 445 g/mol. The molecule has 0 radical (unpaired) electrons. The summed E-state index contributed by atoms with van der Waals surface area (Å²) in [6.45, 7) is 2.47. The first-order chi connectivity index (χ1) is 16.1. The highest BCUT2D eigenvalue weighted by Gasteiger charge is 2.49. The fraction of sp³-hybridized carbons (Fsp3) is 0.308. The van der Waals surface area contributed by atoms with Gasteiger partial charge in [-0.1, -0.05) is 11.2 Å². The number of amidine groups is 1. The maximum atomic E-state index is 13.5. The SMILES string of the molecule is Cc1cn2c(n1)CCc1cc(/C=C3/CCCN4C3=NOC4(CO)c3ccc(F)cc3)ccc1-2. The molecule has 168 valence electrons. The molecule has 2 aromatic carbocycles. The third-order valence-electron chi connectivity index (χ3n) is 6.82. The second-order valence-electron chi connectivity index (χ2n) is 8.94. The highest BCUT2D eigenvalue weighted by Crippen LogP contribution is 2.40. The molecule has 6 rings (SSSR count). The summed E-state index contributed by atoms with van der Waals surface area (Å²) >= 11 is 0. The summed E-state index contributed by atoms with van der Waals surface area (Å²) in [6.07, 6.45) is 7.97. The minimum Gasteiger partial charge on any atom is -0.390 e. The van der Waals surface area contributed by atoms with Crippen LogP contribution in [0.25, 0.3) is 11.8 Å². The number of benzene rings is 2. The van der Waals surface area contributed by atoms with Gasteiger partial charge in [0, 0.05) is 30.4 Å². The van der Waals surface area contributed by atoms with E-state index in [0.717, 1.165) is 54.2 Å². The molecular weight excluding hydrogens is 419 g/mol. The molecule has 1 aromatic heterocycles. The molecule has 0 aliphatic carbocycles. The molecular formula is C26H25FN4O2. The van der Waals surface area contributed by atoms with Gasteiger partial charge in [0.15, 0.2) is 5.84 Å². The Kier molecular flexibility index (Phi) is 4.62. The molecule has 1 unspecified atom stereocenters. The Hall–Kier alpha value is -3.45. The summed E-state index contributed by atoms with van der Waals surface area (Å²) < 4.78 is 15.7. The van der Waals surface area contributed by atoms with Gasteiger partial charge in [0.05, 0.1) is 5.69 Å². The monoisotopic (exact) mass is 444 g/mol. The lowest BCUT2D eigenvalue weighted by atomic mass is 9.94. The van der Waals surface area contributed by atoms with E-state index < -0.39 is 5.72 Å². The van der Waals surface area contributed by atoms with Crippen molar-refractivity contribution in [2.24, 2.45) is 5.16 Å². The zero-order valence-corrected chi connectivity index (χ0v) is 18.5. The van der Waals surface area contributed by atoms with Crippen molar-refractivity contribution in [1.82, 2.24) is 14.5 Å². The number of piperidine rings is 1. The molecule has 6 nitrogen and oxygen atoms in total. The predicted molar refractivity (Wildman–Crippen MR) is 123 cm³/mol. The van der Waals surface area contributed by atoms with Crippen LogP contribution in [0.4, 0.5) is 4.39 Å². The van der Waals surface area contributed by atoms with E-state index in [1.54, 1.807) is 12.1 Å². The molecule has 0 bridgehead atoms. The Morgan fingerprint density at radius 3 is 2.82 bits per heavy atom. The molecule has 0 spiro atoms. The van der Waals surface area contributed by atoms with Gasteiger partial charge in [-0.05, 0) is 85.4 Å². The third-order valence-corrected chi connectivity index (χ3v) is 6.82. The van der Waals surface area contributed by atoms with Gasteiger partial charge >= 0.3 is 0 Å². The summed E-state index contributed by atoms with van der Waals surface area (Å²) in [7, 11) is 0. The van der Waals surface area contributed by atoms with Crippen LogP contribution in [0, 0.1) is 12.7 Å². The van der Waals surface area contributed by atoms with E-state index in [2.05, 4.69) is 45.2 Å². The van der Waals surface area contributed by atoms with Crippen LogP contribution in [0.5, 0.6) is 0 Å². The molecule has 1 atom stereocenters. The van der Waals surface area contributed by atoms with E-state index in [0.29, 0.717) is 12.1 Å². The first-order valence-corrected chi connectivity index (χ1v) is 11.4. The lowest BCUT2D eigenvalue weighted by Crippen LogP contribution is -2.51. The second-order valence-corrected chi connectivity index (χ2v) is 8.94.